The van der Waals surface area contributed by atoms with Gasteiger partial charge in [-0.05, 0) is 48.0 Å². The minimum absolute atomic E-state index is 0.0389. The van der Waals surface area contributed by atoms with Crippen molar-refractivity contribution in [2.24, 2.45) is 0 Å². The summed E-state index contributed by atoms with van der Waals surface area (Å²) in [6.07, 6.45) is -0.246. The average molecular weight is 434 g/mol. The van der Waals surface area contributed by atoms with E-state index in [0.29, 0.717) is 17.0 Å². The molecule has 0 unspecified atom stereocenters. The van der Waals surface area contributed by atoms with E-state index < -0.39 is 24.2 Å². The van der Waals surface area contributed by atoms with Gasteiger partial charge >= 0.3 is 6.09 Å². The Morgan fingerprint density at radius 3 is 2.12 bits per heavy atom. The van der Waals surface area contributed by atoms with Crippen molar-refractivity contribution in [3.05, 3.63) is 103 Å². The second-order valence-corrected chi connectivity index (χ2v) is 6.64. The summed E-state index contributed by atoms with van der Waals surface area (Å²) in [5.74, 6) is -0.260. The van der Waals surface area contributed by atoms with Crippen molar-refractivity contribution in [3.63, 3.8) is 0 Å². The second kappa shape index (κ2) is 11.2. The van der Waals surface area contributed by atoms with Crippen LogP contribution >= 0.6 is 0 Å². The topological polar surface area (TPSA) is 117 Å². The van der Waals surface area contributed by atoms with Crippen LogP contribution < -0.4 is 15.5 Å². The van der Waals surface area contributed by atoms with Gasteiger partial charge in [-0.25, -0.2) is 10.3 Å². The van der Waals surface area contributed by atoms with E-state index in [4.69, 9.17) is 14.7 Å². The van der Waals surface area contributed by atoms with E-state index in [1.165, 1.54) is 23.7 Å². The Labute approximate surface area is 184 Å². The first-order valence-corrected chi connectivity index (χ1v) is 9.71. The van der Waals surface area contributed by atoms with Crippen molar-refractivity contribution in [1.29, 1.82) is 0 Å². The van der Waals surface area contributed by atoms with Crippen LogP contribution in [0.25, 0.3) is 0 Å². The maximum absolute atomic E-state index is 12.6. The summed E-state index contributed by atoms with van der Waals surface area (Å²) in [5, 5.41) is 21.1. The summed E-state index contributed by atoms with van der Waals surface area (Å²) < 4.78 is 11.7. The van der Waals surface area contributed by atoms with E-state index in [1.807, 2.05) is 12.1 Å². The average Bonchev–Trinajstić information content (AvgIpc) is 2.82. The molecule has 0 radical (unpaired) electrons. The molecular weight excluding hydrogens is 412 g/mol. The lowest BCUT2D eigenvalue weighted by molar-refractivity contribution is -0.124. The number of para-hydroxylation sites is 2. The molecule has 2 amide bonds. The minimum atomic E-state index is -0.998. The second-order valence-electron chi connectivity index (χ2n) is 6.64. The summed E-state index contributed by atoms with van der Waals surface area (Å²) in [7, 11) is 0. The standard InChI is InChI=1S/C24H22N2O6/c27-19-13-11-17(12-14-19)23(32-24(29)25-18-7-3-1-4-8-18)21(15-16-22(28)26-30)31-20-9-5-2-6-10-20/h1-16,21,23,27,30H,(H,25,29)(H,26,28)/b16-15+/t21-,23-/m1/s1. The van der Waals surface area contributed by atoms with Gasteiger partial charge in [0.05, 0.1) is 0 Å². The third kappa shape index (κ3) is 6.61. The first-order valence-electron chi connectivity index (χ1n) is 9.71. The van der Waals surface area contributed by atoms with Crippen LogP contribution in [0.5, 0.6) is 11.5 Å². The van der Waals surface area contributed by atoms with Crippen LogP contribution in [0.15, 0.2) is 97.1 Å². The summed E-state index contributed by atoms with van der Waals surface area (Å²) in [6, 6.07) is 23.6. The van der Waals surface area contributed by atoms with Gasteiger partial charge in [-0.15, -0.1) is 0 Å². The number of hydroxylamine groups is 1. The van der Waals surface area contributed by atoms with Gasteiger partial charge in [-0.1, -0.05) is 48.5 Å². The molecule has 0 bridgehead atoms. The van der Waals surface area contributed by atoms with E-state index >= 15 is 0 Å². The highest BCUT2D eigenvalue weighted by molar-refractivity contribution is 5.86. The number of amides is 2. The predicted octanol–water partition coefficient (Wildman–Crippen LogP) is 4.19. The lowest BCUT2D eigenvalue weighted by Crippen LogP contribution is -2.30. The molecule has 3 aromatic carbocycles. The van der Waals surface area contributed by atoms with Crippen LogP contribution in [0.4, 0.5) is 10.5 Å². The number of phenolic OH excluding ortho intramolecular Hbond substituents is 1. The molecule has 3 rings (SSSR count). The van der Waals surface area contributed by atoms with Crippen LogP contribution in [0.2, 0.25) is 0 Å². The molecule has 3 aromatic rings. The molecule has 0 heterocycles. The SMILES string of the molecule is O=C(/C=C/[C@@H](Oc1ccccc1)[C@H](OC(=O)Nc1ccccc1)c1ccc(O)cc1)NO. The fourth-order valence-corrected chi connectivity index (χ4v) is 2.85. The fourth-order valence-electron chi connectivity index (χ4n) is 2.85. The zero-order valence-corrected chi connectivity index (χ0v) is 16.9. The molecule has 0 saturated carbocycles. The third-order valence-electron chi connectivity index (χ3n) is 4.34. The van der Waals surface area contributed by atoms with E-state index in [-0.39, 0.29) is 5.75 Å². The zero-order valence-electron chi connectivity index (χ0n) is 16.9. The number of hydrogen-bond donors (Lipinski definition) is 4. The predicted molar refractivity (Wildman–Crippen MR) is 117 cm³/mol. The molecule has 32 heavy (non-hydrogen) atoms. The van der Waals surface area contributed by atoms with Gasteiger partial charge in [0.1, 0.15) is 11.5 Å². The highest BCUT2D eigenvalue weighted by Gasteiger charge is 2.28. The number of nitrogens with one attached hydrogen (secondary N) is 2. The molecule has 0 aliphatic carbocycles. The van der Waals surface area contributed by atoms with E-state index in [1.54, 1.807) is 60.7 Å². The third-order valence-corrected chi connectivity index (χ3v) is 4.34. The number of phenols is 1. The van der Waals surface area contributed by atoms with Gasteiger partial charge in [0.15, 0.2) is 12.2 Å². The summed E-state index contributed by atoms with van der Waals surface area (Å²) >= 11 is 0. The highest BCUT2D eigenvalue weighted by Crippen LogP contribution is 2.28. The number of anilines is 1. The van der Waals surface area contributed by atoms with Crippen molar-refractivity contribution in [3.8, 4) is 11.5 Å². The Balaban J connectivity index is 1.92. The monoisotopic (exact) mass is 434 g/mol. The lowest BCUT2D eigenvalue weighted by atomic mass is 10.0. The zero-order chi connectivity index (χ0) is 22.8. The number of carbonyl (C=O) groups is 2. The Bertz CT molecular complexity index is 1040. The maximum Gasteiger partial charge on any atom is 0.412 e. The molecular formula is C24H22N2O6. The Hall–Kier alpha value is -4.30. The quantitative estimate of drug-likeness (QED) is 0.240. The minimum Gasteiger partial charge on any atom is -0.508 e. The van der Waals surface area contributed by atoms with Crippen molar-refractivity contribution in [2.75, 3.05) is 5.32 Å². The molecule has 0 fully saturated rings. The first kappa shape index (κ1) is 22.4. The van der Waals surface area contributed by atoms with E-state index in [0.717, 1.165) is 6.08 Å². The molecule has 0 saturated heterocycles. The number of hydrogen-bond acceptors (Lipinski definition) is 6. The maximum atomic E-state index is 12.6. The normalized spacial score (nSPS) is 12.5. The number of carbonyl (C=O) groups excluding carboxylic acids is 2. The smallest absolute Gasteiger partial charge is 0.412 e. The first-order chi connectivity index (χ1) is 15.5. The van der Waals surface area contributed by atoms with Crippen LogP contribution in [-0.2, 0) is 9.53 Å². The number of ether oxygens (including phenoxy) is 2. The molecule has 2 atom stereocenters. The Morgan fingerprint density at radius 2 is 1.50 bits per heavy atom. The lowest BCUT2D eigenvalue weighted by Gasteiger charge is -2.26. The fraction of sp³-hybridized carbons (Fsp3) is 0.0833. The van der Waals surface area contributed by atoms with Crippen LogP contribution in [0, 0.1) is 0 Å². The molecule has 164 valence electrons. The molecule has 0 aromatic heterocycles. The Kier molecular flexibility index (Phi) is 7.83. The summed E-state index contributed by atoms with van der Waals surface area (Å²) in [6.45, 7) is 0. The van der Waals surface area contributed by atoms with Crippen LogP contribution in [0.3, 0.4) is 0 Å². The van der Waals surface area contributed by atoms with Crippen molar-refractivity contribution in [1.82, 2.24) is 5.48 Å². The largest absolute Gasteiger partial charge is 0.508 e. The molecule has 0 aliphatic rings. The summed E-state index contributed by atoms with van der Waals surface area (Å²) in [4.78, 5) is 24.2. The molecule has 8 nitrogen and oxygen atoms in total. The van der Waals surface area contributed by atoms with Gasteiger partial charge in [0.2, 0.25) is 0 Å². The van der Waals surface area contributed by atoms with Gasteiger partial charge in [-0.2, -0.15) is 0 Å². The van der Waals surface area contributed by atoms with Gasteiger partial charge < -0.3 is 14.6 Å². The van der Waals surface area contributed by atoms with E-state index in [9.17, 15) is 14.7 Å². The highest BCUT2D eigenvalue weighted by atomic mass is 16.6. The Morgan fingerprint density at radius 1 is 0.875 bits per heavy atom. The van der Waals surface area contributed by atoms with Crippen LogP contribution in [0.1, 0.15) is 11.7 Å². The molecule has 0 spiro atoms. The van der Waals surface area contributed by atoms with Gasteiger partial charge in [-0.3, -0.25) is 15.3 Å². The van der Waals surface area contributed by atoms with Crippen molar-refractivity contribution in [2.45, 2.75) is 12.2 Å². The van der Waals surface area contributed by atoms with Crippen molar-refractivity contribution < 1.29 is 29.4 Å². The van der Waals surface area contributed by atoms with Gasteiger partial charge in [0.25, 0.3) is 5.91 Å². The number of aromatic hydroxyl groups is 1. The van der Waals surface area contributed by atoms with Gasteiger partial charge in [0, 0.05) is 11.8 Å². The molecule has 0 aliphatic heterocycles. The van der Waals surface area contributed by atoms with Crippen LogP contribution in [-0.4, -0.2) is 28.4 Å². The van der Waals surface area contributed by atoms with E-state index in [2.05, 4.69) is 5.32 Å². The summed E-state index contributed by atoms with van der Waals surface area (Å²) in [5.41, 5.74) is 2.56. The number of benzene rings is 3. The van der Waals surface area contributed by atoms with Crippen molar-refractivity contribution >= 4 is 17.7 Å². The number of rotatable bonds is 8. The molecule has 4 N–H and O–H groups in total. The molecule has 8 heteroatoms.